The molecule has 81 heavy (non-hydrogen) atoms. The number of nitriles is 1. The summed E-state index contributed by atoms with van der Waals surface area (Å²) in [6.45, 7) is 2.62. The zero-order valence-corrected chi connectivity index (χ0v) is 45.1. The number of nitrogen functional groups attached to an aromatic ring is 1. The van der Waals surface area contributed by atoms with Crippen LogP contribution in [0, 0.1) is 25.2 Å². The number of pyridine rings is 1. The maximum atomic E-state index is 14.1. The molecule has 434 valence electrons. The number of aryl methyl sites for hydroxylation is 2. The average Bonchev–Trinajstić information content (AvgIpc) is 3.81. The van der Waals surface area contributed by atoms with E-state index in [1.54, 1.807) is 31.7 Å². The number of likely N-dealkylation sites (tertiary alicyclic amines) is 1. The lowest BCUT2D eigenvalue weighted by molar-refractivity contribution is -0.140. The lowest BCUT2D eigenvalue weighted by Crippen LogP contribution is -2.49. The first kappa shape index (κ1) is 61.8. The van der Waals surface area contributed by atoms with E-state index in [1.165, 1.54) is 30.5 Å². The van der Waals surface area contributed by atoms with Crippen LogP contribution in [0.4, 0.5) is 20.2 Å². The van der Waals surface area contributed by atoms with Crippen molar-refractivity contribution in [3.8, 4) is 22.9 Å². The molecule has 0 spiro atoms. The number of anilines is 2. The number of carbonyl (C=O) groups is 8. The Bertz CT molecular complexity index is 2970. The molecule has 0 radical (unpaired) electrons. The lowest BCUT2D eigenvalue weighted by atomic mass is 10.00. The molecule has 0 bridgehead atoms. The highest BCUT2D eigenvalue weighted by Gasteiger charge is 2.47. The number of nitrogens with zero attached hydrogens (tertiary/aromatic N) is 7. The first-order valence-electron chi connectivity index (χ1n) is 26.3. The molecular weight excluding hydrogens is 1060 g/mol. The third-order valence-electron chi connectivity index (χ3n) is 13.8. The molecule has 3 aromatic carbocycles. The van der Waals surface area contributed by atoms with Crippen molar-refractivity contribution in [2.75, 3.05) is 116 Å². The number of ether oxygens (including phenoxy) is 1. The van der Waals surface area contributed by atoms with E-state index in [0.717, 1.165) is 27.2 Å². The quantitative estimate of drug-likeness (QED) is 0.0388. The molecule has 6 rings (SSSR count). The minimum Gasteiger partial charge on any atom is -0.484 e. The number of rotatable bonds is 23. The van der Waals surface area contributed by atoms with Crippen molar-refractivity contribution in [2.24, 2.45) is 0 Å². The molecule has 9 N–H and O–H groups in total. The first-order chi connectivity index (χ1) is 38.6. The number of aromatic nitrogens is 1. The van der Waals surface area contributed by atoms with Gasteiger partial charge in [-0.15, -0.1) is 0 Å². The molecule has 0 aliphatic carbocycles. The predicted molar refractivity (Wildman–Crippen MR) is 292 cm³/mol. The summed E-state index contributed by atoms with van der Waals surface area (Å²) in [5.41, 5.74) is 11.1. The number of carbonyl (C=O) groups excluding carboxylic acids is 5. The number of unbranched alkanes of at least 4 members (excludes halogenated alkanes) is 1. The van der Waals surface area contributed by atoms with Crippen molar-refractivity contribution in [3.63, 3.8) is 0 Å². The number of fused-ring (bicyclic) bond motifs is 1. The first-order valence-corrected chi connectivity index (χ1v) is 26.3. The average molecular weight is 1130 g/mol. The van der Waals surface area contributed by atoms with Crippen LogP contribution in [0.25, 0.3) is 22.0 Å². The molecule has 4 aromatic rings. The van der Waals surface area contributed by atoms with Crippen LogP contribution in [0.15, 0.2) is 66.9 Å². The van der Waals surface area contributed by atoms with Gasteiger partial charge in [-0.1, -0.05) is 12.1 Å². The number of carboxylic acid groups (broad SMARTS) is 3. The van der Waals surface area contributed by atoms with Gasteiger partial charge in [-0.25, -0.2) is 8.78 Å². The van der Waals surface area contributed by atoms with Gasteiger partial charge in [0.2, 0.25) is 17.7 Å². The molecule has 3 heterocycles. The van der Waals surface area contributed by atoms with Gasteiger partial charge in [-0.3, -0.25) is 62.9 Å². The van der Waals surface area contributed by atoms with E-state index >= 15 is 0 Å². The number of carboxylic acids is 3. The number of nitrogens with one attached hydrogen (secondary N) is 4. The summed E-state index contributed by atoms with van der Waals surface area (Å²) >= 11 is 0. The molecule has 2 atom stereocenters. The Kier molecular flexibility index (Phi) is 22.3. The number of halogens is 2. The highest BCUT2D eigenvalue weighted by atomic mass is 19.3. The van der Waals surface area contributed by atoms with E-state index in [-0.39, 0.29) is 114 Å². The second-order valence-corrected chi connectivity index (χ2v) is 20.1. The summed E-state index contributed by atoms with van der Waals surface area (Å²) < 4.78 is 33.8. The molecule has 1 aromatic heterocycles. The van der Waals surface area contributed by atoms with Gasteiger partial charge in [-0.05, 0) is 104 Å². The van der Waals surface area contributed by atoms with Crippen molar-refractivity contribution < 1.29 is 67.2 Å². The van der Waals surface area contributed by atoms with Crippen LogP contribution in [0.1, 0.15) is 47.2 Å². The summed E-state index contributed by atoms with van der Waals surface area (Å²) in [5, 5.41) is 49.2. The number of aliphatic carboxylic acids is 3. The van der Waals surface area contributed by atoms with Crippen molar-refractivity contribution in [1.29, 1.82) is 5.26 Å². The SMILES string of the molecule is Cc1cc(-c2ccc(NC(=O)C(CCCCNC(=O)CN3CCN(CC(=O)O)CCN(CC(=O)O)CCN(CC(=O)O)CC3)NC(=O)COc3ccc4nccc(C(=O)NCC(=O)N5CC(F)(F)C[C@H]5C#N)c4c3)c(C)c2)ccc1N. The summed E-state index contributed by atoms with van der Waals surface area (Å²) in [6.07, 6.45) is 1.42. The van der Waals surface area contributed by atoms with Gasteiger partial charge in [0.25, 0.3) is 17.7 Å². The van der Waals surface area contributed by atoms with Gasteiger partial charge in [0, 0.05) is 88.3 Å². The van der Waals surface area contributed by atoms with Crippen LogP contribution >= 0.6 is 0 Å². The van der Waals surface area contributed by atoms with Gasteiger partial charge in [-0.2, -0.15) is 5.26 Å². The van der Waals surface area contributed by atoms with E-state index in [0.29, 0.717) is 29.7 Å². The molecule has 24 nitrogen and oxygen atoms in total. The summed E-state index contributed by atoms with van der Waals surface area (Å²) in [4.78, 5) is 114. The predicted octanol–water partition coefficient (Wildman–Crippen LogP) is 1.85. The van der Waals surface area contributed by atoms with Crippen molar-refractivity contribution >= 4 is 69.7 Å². The smallest absolute Gasteiger partial charge is 0.317 e. The zero-order chi connectivity index (χ0) is 58.8. The number of amides is 5. The van der Waals surface area contributed by atoms with Crippen molar-refractivity contribution in [2.45, 2.75) is 57.5 Å². The molecular formula is C55H68F2N12O12. The molecule has 1 unspecified atom stereocenters. The third kappa shape index (κ3) is 19.2. The van der Waals surface area contributed by atoms with Crippen molar-refractivity contribution in [1.82, 2.24) is 45.4 Å². The van der Waals surface area contributed by atoms with Crippen LogP contribution in [0.5, 0.6) is 5.75 Å². The van der Waals surface area contributed by atoms with Crippen LogP contribution in [0.2, 0.25) is 0 Å². The van der Waals surface area contributed by atoms with Crippen LogP contribution < -0.4 is 31.7 Å². The van der Waals surface area contributed by atoms with Gasteiger partial charge in [0.15, 0.2) is 6.61 Å². The van der Waals surface area contributed by atoms with E-state index in [4.69, 9.17) is 10.5 Å². The fraction of sp³-hybridized carbons (Fsp3) is 0.455. The highest BCUT2D eigenvalue weighted by molar-refractivity contribution is 6.07. The molecule has 0 saturated carbocycles. The minimum absolute atomic E-state index is 0.0578. The van der Waals surface area contributed by atoms with E-state index in [1.807, 2.05) is 44.2 Å². The van der Waals surface area contributed by atoms with Gasteiger partial charge in [0.1, 0.15) is 17.8 Å². The fourth-order valence-corrected chi connectivity index (χ4v) is 9.42. The lowest BCUT2D eigenvalue weighted by Gasteiger charge is -2.32. The third-order valence-corrected chi connectivity index (χ3v) is 13.8. The summed E-state index contributed by atoms with van der Waals surface area (Å²) in [6, 6.07) is 16.3. The second-order valence-electron chi connectivity index (χ2n) is 20.1. The Hall–Kier alpha value is -8.38. The molecule has 2 aliphatic heterocycles. The Morgan fingerprint density at radius 1 is 0.753 bits per heavy atom. The monoisotopic (exact) mass is 1130 g/mol. The number of hydrogen-bond donors (Lipinski definition) is 8. The Balaban J connectivity index is 1.08. The Labute approximate surface area is 466 Å². The summed E-state index contributed by atoms with van der Waals surface area (Å²) in [7, 11) is 0. The molecule has 2 fully saturated rings. The molecule has 2 aliphatic rings. The van der Waals surface area contributed by atoms with Crippen LogP contribution in [-0.4, -0.2) is 215 Å². The van der Waals surface area contributed by atoms with Gasteiger partial charge < -0.3 is 52.0 Å². The van der Waals surface area contributed by atoms with Gasteiger partial charge >= 0.3 is 17.9 Å². The molecule has 2 saturated heterocycles. The van der Waals surface area contributed by atoms with Crippen LogP contribution in [-0.2, 0) is 33.6 Å². The largest absolute Gasteiger partial charge is 0.484 e. The number of alkyl halides is 2. The van der Waals surface area contributed by atoms with E-state index in [2.05, 4.69) is 26.3 Å². The second kappa shape index (κ2) is 29.2. The maximum Gasteiger partial charge on any atom is 0.317 e. The number of nitrogens with two attached hydrogens (primary N) is 1. The molecule has 26 heteroatoms. The topological polar surface area (TPSA) is 333 Å². The van der Waals surface area contributed by atoms with Gasteiger partial charge in [0.05, 0.1) is 56.4 Å². The Morgan fingerprint density at radius 2 is 1.33 bits per heavy atom. The van der Waals surface area contributed by atoms with Crippen LogP contribution in [0.3, 0.4) is 0 Å². The van der Waals surface area contributed by atoms with E-state index in [9.17, 15) is 67.7 Å². The molecule has 5 amide bonds. The fourth-order valence-electron chi connectivity index (χ4n) is 9.42. The maximum absolute atomic E-state index is 14.1. The summed E-state index contributed by atoms with van der Waals surface area (Å²) in [5.74, 6) is -9.46. The minimum atomic E-state index is -3.23. The van der Waals surface area contributed by atoms with Crippen molar-refractivity contribution in [3.05, 3.63) is 83.6 Å². The van der Waals surface area contributed by atoms with E-state index < -0.39 is 85.7 Å². The number of benzene rings is 3. The zero-order valence-electron chi connectivity index (χ0n) is 45.1. The number of hydrogen-bond acceptors (Lipinski definition) is 16. The Morgan fingerprint density at radius 3 is 1.90 bits per heavy atom. The highest BCUT2D eigenvalue weighted by Crippen LogP contribution is 2.32. The normalized spacial score (nSPS) is 16.9. The standard InChI is InChI=1S/C55H68F2N12O12/c1-35-23-37(6-9-43(35)59)38-7-10-44(36(2)24-38)64-54(80)46(5-3-4-13-61-47(70)29-65-15-17-66(30-50(73)74)19-21-68(32-52(77)78)22-20-67(18-16-65)31-51(75)76)63-48(71)33-81-40-8-11-45-42(25-40)41(12-14-60-45)53(79)62-28-49(72)69-34-55(56,57)26-39(69)27-58/h6-12,14,23-25,39,46H,3-5,13,15-22,26,28-34,59H2,1-2H3,(H,61,70)(H,62,79)(H,63,71)(H,64,80)(H,73,74)(H,75,76)(H,77,78)/t39-,46?/m0/s1.